The maximum atomic E-state index is 12.9. The molecule has 1 aliphatic heterocycles. The fourth-order valence-electron chi connectivity index (χ4n) is 3.44. The number of piperidine rings is 1. The van der Waals surface area contributed by atoms with Crippen molar-refractivity contribution in [1.82, 2.24) is 20.3 Å². The number of aromatic nitrogens is 3. The van der Waals surface area contributed by atoms with Crippen molar-refractivity contribution in [2.45, 2.75) is 26.7 Å². The van der Waals surface area contributed by atoms with Gasteiger partial charge in [-0.05, 0) is 38.8 Å². The molecular weight excluding hydrogens is 346 g/mol. The average Bonchev–Trinajstić information content (AvgIpc) is 3.27. The van der Waals surface area contributed by atoms with E-state index in [-0.39, 0.29) is 17.7 Å². The molecule has 0 bridgehead atoms. The third-order valence-corrected chi connectivity index (χ3v) is 4.95. The third-order valence-electron chi connectivity index (χ3n) is 4.95. The van der Waals surface area contributed by atoms with E-state index in [1.807, 2.05) is 25.1 Å². The van der Waals surface area contributed by atoms with Crippen molar-refractivity contribution in [3.8, 4) is 0 Å². The molecule has 3 heterocycles. The van der Waals surface area contributed by atoms with Gasteiger partial charge in [0, 0.05) is 30.5 Å². The second kappa shape index (κ2) is 6.86. The lowest BCUT2D eigenvalue weighted by Gasteiger charge is -2.30. The first-order chi connectivity index (χ1) is 13.0. The van der Waals surface area contributed by atoms with Crippen LogP contribution < -0.4 is 5.32 Å². The van der Waals surface area contributed by atoms with E-state index in [4.69, 9.17) is 4.52 Å². The van der Waals surface area contributed by atoms with Gasteiger partial charge in [0.2, 0.25) is 5.91 Å². The van der Waals surface area contributed by atoms with Gasteiger partial charge in [0.05, 0.1) is 5.52 Å². The van der Waals surface area contributed by atoms with Gasteiger partial charge in [0.25, 0.3) is 5.91 Å². The van der Waals surface area contributed by atoms with E-state index in [2.05, 4.69) is 20.7 Å². The summed E-state index contributed by atoms with van der Waals surface area (Å²) in [4.78, 5) is 27.0. The largest absolute Gasteiger partial charge is 0.360 e. The standard InChI is InChI=1S/C19H21N5O3/c1-11-3-4-15-14(9-11)17(22-21-15)19(26)24-7-5-13(6-8-24)18(25)20-16-10-12(2)27-23-16/h3-4,9-10,13H,5-8H2,1-2H3,(H,21,22)(H,20,23,25). The highest BCUT2D eigenvalue weighted by molar-refractivity contribution is 6.05. The van der Waals surface area contributed by atoms with Gasteiger partial charge in [-0.15, -0.1) is 0 Å². The van der Waals surface area contributed by atoms with Crippen molar-refractivity contribution in [2.75, 3.05) is 18.4 Å². The molecule has 1 fully saturated rings. The summed E-state index contributed by atoms with van der Waals surface area (Å²) in [5, 5.41) is 14.5. The van der Waals surface area contributed by atoms with Crippen LogP contribution >= 0.6 is 0 Å². The van der Waals surface area contributed by atoms with E-state index < -0.39 is 0 Å². The highest BCUT2D eigenvalue weighted by atomic mass is 16.5. The maximum absolute atomic E-state index is 12.9. The zero-order valence-corrected chi connectivity index (χ0v) is 15.3. The Morgan fingerprint density at radius 2 is 2.00 bits per heavy atom. The first-order valence-electron chi connectivity index (χ1n) is 8.99. The molecule has 0 aliphatic carbocycles. The summed E-state index contributed by atoms with van der Waals surface area (Å²) < 4.78 is 4.96. The van der Waals surface area contributed by atoms with Crippen molar-refractivity contribution < 1.29 is 14.1 Å². The van der Waals surface area contributed by atoms with E-state index in [1.165, 1.54) is 0 Å². The van der Waals surface area contributed by atoms with Crippen molar-refractivity contribution in [3.05, 3.63) is 41.3 Å². The topological polar surface area (TPSA) is 104 Å². The van der Waals surface area contributed by atoms with Gasteiger partial charge in [-0.1, -0.05) is 16.8 Å². The fourth-order valence-corrected chi connectivity index (χ4v) is 3.44. The predicted octanol–water partition coefficient (Wildman–Crippen LogP) is 2.66. The SMILES string of the molecule is Cc1ccc2[nH]nc(C(=O)N3CCC(C(=O)Nc4cc(C)on4)CC3)c2c1. The molecule has 2 aromatic heterocycles. The lowest BCUT2D eigenvalue weighted by atomic mass is 9.95. The van der Waals surface area contributed by atoms with Gasteiger partial charge >= 0.3 is 0 Å². The number of nitrogens with zero attached hydrogens (tertiary/aromatic N) is 3. The summed E-state index contributed by atoms with van der Waals surface area (Å²) in [6, 6.07) is 7.55. The highest BCUT2D eigenvalue weighted by Gasteiger charge is 2.29. The molecule has 3 aromatic rings. The number of H-pyrrole nitrogens is 1. The number of nitrogens with one attached hydrogen (secondary N) is 2. The van der Waals surface area contributed by atoms with Crippen molar-refractivity contribution in [2.24, 2.45) is 5.92 Å². The Labute approximate surface area is 155 Å². The quantitative estimate of drug-likeness (QED) is 0.741. The fraction of sp³-hybridized carbons (Fsp3) is 0.368. The van der Waals surface area contributed by atoms with Crippen molar-refractivity contribution in [3.63, 3.8) is 0 Å². The number of rotatable bonds is 3. The lowest BCUT2D eigenvalue weighted by Crippen LogP contribution is -2.41. The molecule has 4 rings (SSSR count). The molecule has 2 N–H and O–H groups in total. The summed E-state index contributed by atoms with van der Waals surface area (Å²) in [5.74, 6) is 0.736. The molecule has 0 spiro atoms. The highest BCUT2D eigenvalue weighted by Crippen LogP contribution is 2.23. The number of aryl methyl sites for hydroxylation is 2. The van der Waals surface area contributed by atoms with Gasteiger partial charge in [-0.2, -0.15) is 5.10 Å². The summed E-state index contributed by atoms with van der Waals surface area (Å²) in [6.07, 6.45) is 1.21. The van der Waals surface area contributed by atoms with Crippen LogP contribution in [0.5, 0.6) is 0 Å². The first kappa shape index (κ1) is 17.3. The molecule has 1 aliphatic rings. The Bertz CT molecular complexity index is 998. The van der Waals surface area contributed by atoms with E-state index >= 15 is 0 Å². The molecule has 1 aromatic carbocycles. The van der Waals surface area contributed by atoms with Crippen LogP contribution in [0.25, 0.3) is 10.9 Å². The molecular formula is C19H21N5O3. The monoisotopic (exact) mass is 367 g/mol. The second-order valence-electron chi connectivity index (χ2n) is 7.00. The number of aromatic amines is 1. The van der Waals surface area contributed by atoms with Crippen LogP contribution in [-0.4, -0.2) is 45.2 Å². The smallest absolute Gasteiger partial charge is 0.274 e. The number of fused-ring (bicyclic) bond motifs is 1. The van der Waals surface area contributed by atoms with Gasteiger partial charge < -0.3 is 14.7 Å². The zero-order chi connectivity index (χ0) is 19.0. The van der Waals surface area contributed by atoms with E-state index in [0.29, 0.717) is 43.2 Å². The van der Waals surface area contributed by atoms with Gasteiger partial charge in [0.1, 0.15) is 5.76 Å². The van der Waals surface area contributed by atoms with Crippen LogP contribution in [0.2, 0.25) is 0 Å². The number of hydrogen-bond donors (Lipinski definition) is 2. The average molecular weight is 367 g/mol. The lowest BCUT2D eigenvalue weighted by molar-refractivity contribution is -0.121. The minimum absolute atomic E-state index is 0.0868. The van der Waals surface area contributed by atoms with Crippen LogP contribution in [-0.2, 0) is 4.79 Å². The second-order valence-corrected chi connectivity index (χ2v) is 7.00. The Balaban J connectivity index is 1.40. The van der Waals surface area contributed by atoms with Crippen LogP contribution in [0.4, 0.5) is 5.82 Å². The zero-order valence-electron chi connectivity index (χ0n) is 15.3. The number of amides is 2. The van der Waals surface area contributed by atoms with Crippen LogP contribution in [0.3, 0.4) is 0 Å². The number of benzene rings is 1. The molecule has 27 heavy (non-hydrogen) atoms. The molecule has 2 amide bonds. The summed E-state index contributed by atoms with van der Waals surface area (Å²) in [6.45, 7) is 4.80. The van der Waals surface area contributed by atoms with Gasteiger partial charge in [-0.3, -0.25) is 14.7 Å². The number of carbonyl (C=O) groups is 2. The van der Waals surface area contributed by atoms with Crippen LogP contribution in [0.1, 0.15) is 34.7 Å². The molecule has 1 saturated heterocycles. The van der Waals surface area contributed by atoms with E-state index in [1.54, 1.807) is 17.9 Å². The number of hydrogen-bond acceptors (Lipinski definition) is 5. The molecule has 140 valence electrons. The Morgan fingerprint density at radius 1 is 1.22 bits per heavy atom. The van der Waals surface area contributed by atoms with Crippen molar-refractivity contribution >= 4 is 28.5 Å². The summed E-state index contributed by atoms with van der Waals surface area (Å²) in [5.41, 5.74) is 2.37. The van der Waals surface area contributed by atoms with Crippen LogP contribution in [0, 0.1) is 19.8 Å². The normalized spacial score (nSPS) is 15.3. The van der Waals surface area contributed by atoms with Gasteiger partial charge in [0.15, 0.2) is 11.5 Å². The molecule has 0 unspecified atom stereocenters. The number of carbonyl (C=O) groups excluding carboxylic acids is 2. The van der Waals surface area contributed by atoms with E-state index in [0.717, 1.165) is 16.5 Å². The maximum Gasteiger partial charge on any atom is 0.274 e. The van der Waals surface area contributed by atoms with Crippen LogP contribution in [0.15, 0.2) is 28.8 Å². The minimum atomic E-state index is -0.149. The van der Waals surface area contributed by atoms with Gasteiger partial charge in [-0.25, -0.2) is 0 Å². The molecule has 8 nitrogen and oxygen atoms in total. The molecule has 0 atom stereocenters. The first-order valence-corrected chi connectivity index (χ1v) is 8.99. The molecule has 0 radical (unpaired) electrons. The number of likely N-dealkylation sites (tertiary alicyclic amines) is 1. The Morgan fingerprint density at radius 3 is 2.70 bits per heavy atom. The van der Waals surface area contributed by atoms with Crippen molar-refractivity contribution in [1.29, 1.82) is 0 Å². The summed E-state index contributed by atoms with van der Waals surface area (Å²) in [7, 11) is 0. The Hall–Kier alpha value is -3.16. The molecule has 0 saturated carbocycles. The third kappa shape index (κ3) is 3.42. The van der Waals surface area contributed by atoms with E-state index in [9.17, 15) is 9.59 Å². The Kier molecular flexibility index (Phi) is 4.39. The summed E-state index contributed by atoms with van der Waals surface area (Å²) >= 11 is 0. The molecule has 8 heteroatoms. The number of anilines is 1. The minimum Gasteiger partial charge on any atom is -0.360 e. The predicted molar refractivity (Wildman–Crippen MR) is 99.3 cm³/mol.